The molecule has 1 saturated heterocycles. The average molecular weight is 345 g/mol. The first-order valence-corrected chi connectivity index (χ1v) is 9.60. The summed E-state index contributed by atoms with van der Waals surface area (Å²) in [6, 6.07) is 3.69. The molecule has 0 aromatic carbocycles. The topological polar surface area (TPSA) is 58.4 Å². The minimum Gasteiger partial charge on any atom is -0.467 e. The number of nitrogens with one attached hydrogen (secondary N) is 1. The first-order valence-electron chi connectivity index (χ1n) is 8.78. The van der Waals surface area contributed by atoms with Crippen LogP contribution in [0.1, 0.15) is 53.7 Å². The van der Waals surface area contributed by atoms with Crippen molar-refractivity contribution in [3.63, 3.8) is 0 Å². The highest BCUT2D eigenvalue weighted by molar-refractivity contribution is 7.11. The van der Waals surface area contributed by atoms with E-state index in [1.807, 2.05) is 29.7 Å². The molecule has 1 aliphatic heterocycles. The van der Waals surface area contributed by atoms with E-state index in [0.29, 0.717) is 12.5 Å². The van der Waals surface area contributed by atoms with Gasteiger partial charge in [0.05, 0.1) is 23.9 Å². The summed E-state index contributed by atoms with van der Waals surface area (Å²) in [6.07, 6.45) is 9.55. The number of nitrogens with zero attached hydrogens (tertiary/aromatic N) is 2. The van der Waals surface area contributed by atoms with Gasteiger partial charge in [0.25, 0.3) is 0 Å². The molecule has 6 heteroatoms. The summed E-state index contributed by atoms with van der Waals surface area (Å²) in [6.45, 7) is 2.28. The Hall–Kier alpha value is -1.66. The van der Waals surface area contributed by atoms with Crippen LogP contribution in [0.5, 0.6) is 0 Å². The lowest BCUT2D eigenvalue weighted by Crippen LogP contribution is -2.42. The van der Waals surface area contributed by atoms with E-state index in [9.17, 15) is 4.79 Å². The molecule has 1 atom stereocenters. The van der Waals surface area contributed by atoms with E-state index in [1.54, 1.807) is 6.26 Å². The van der Waals surface area contributed by atoms with Crippen molar-refractivity contribution in [2.45, 2.75) is 57.2 Å². The molecule has 24 heavy (non-hydrogen) atoms. The Labute approximate surface area is 146 Å². The maximum absolute atomic E-state index is 12.5. The fourth-order valence-electron chi connectivity index (χ4n) is 3.46. The number of thiazole rings is 1. The molecule has 128 valence electrons. The van der Waals surface area contributed by atoms with Crippen LogP contribution < -0.4 is 5.32 Å². The quantitative estimate of drug-likeness (QED) is 0.873. The summed E-state index contributed by atoms with van der Waals surface area (Å²) in [4.78, 5) is 20.7. The predicted octanol–water partition coefficient (Wildman–Crippen LogP) is 3.28. The van der Waals surface area contributed by atoms with Crippen LogP contribution in [0.15, 0.2) is 29.0 Å². The highest BCUT2D eigenvalue weighted by Gasteiger charge is 2.31. The largest absolute Gasteiger partial charge is 0.467 e. The van der Waals surface area contributed by atoms with Crippen LogP contribution in [0.3, 0.4) is 0 Å². The predicted molar refractivity (Wildman–Crippen MR) is 92.7 cm³/mol. The SMILES string of the molecule is O=C(NCc1ccco1)[C@H]1CCCN1Cc1cnc(C2CCC2)s1. The van der Waals surface area contributed by atoms with E-state index >= 15 is 0 Å². The van der Waals surface area contributed by atoms with Crippen molar-refractivity contribution < 1.29 is 9.21 Å². The van der Waals surface area contributed by atoms with Crippen molar-refractivity contribution in [1.29, 1.82) is 0 Å². The standard InChI is InChI=1S/C18H23N3O2S/c22-17(19-10-14-6-3-9-23-14)16-7-2-8-21(16)12-15-11-20-18(24-15)13-4-1-5-13/h3,6,9,11,13,16H,1-2,4-5,7-8,10,12H2,(H,19,22)/t16-/m1/s1. The first kappa shape index (κ1) is 15.8. The van der Waals surface area contributed by atoms with E-state index in [2.05, 4.69) is 15.2 Å². The van der Waals surface area contributed by atoms with Crippen molar-refractivity contribution >= 4 is 17.2 Å². The Balaban J connectivity index is 1.33. The van der Waals surface area contributed by atoms with Gasteiger partial charge in [-0.3, -0.25) is 9.69 Å². The number of hydrogen-bond donors (Lipinski definition) is 1. The zero-order chi connectivity index (χ0) is 16.4. The molecule has 2 fully saturated rings. The number of amides is 1. The lowest BCUT2D eigenvalue weighted by molar-refractivity contribution is -0.125. The summed E-state index contributed by atoms with van der Waals surface area (Å²) in [5, 5.41) is 4.28. The van der Waals surface area contributed by atoms with Gasteiger partial charge in [-0.2, -0.15) is 0 Å². The van der Waals surface area contributed by atoms with Gasteiger partial charge in [-0.1, -0.05) is 6.42 Å². The summed E-state index contributed by atoms with van der Waals surface area (Å²) in [5.74, 6) is 1.59. The normalized spacial score (nSPS) is 21.8. The minimum absolute atomic E-state index is 0.0331. The van der Waals surface area contributed by atoms with Crippen LogP contribution in [0.25, 0.3) is 0 Å². The molecule has 0 bridgehead atoms. The number of furan rings is 1. The molecule has 2 aromatic rings. The third kappa shape index (κ3) is 3.39. The Morgan fingerprint density at radius 3 is 3.04 bits per heavy atom. The molecule has 1 aliphatic carbocycles. The lowest BCUT2D eigenvalue weighted by Gasteiger charge is -2.23. The summed E-state index contributed by atoms with van der Waals surface area (Å²) < 4.78 is 5.28. The second kappa shape index (κ2) is 7.07. The van der Waals surface area contributed by atoms with E-state index in [1.165, 1.54) is 29.1 Å². The van der Waals surface area contributed by atoms with E-state index < -0.39 is 0 Å². The number of hydrogen-bond acceptors (Lipinski definition) is 5. The van der Waals surface area contributed by atoms with Crippen LogP contribution in [-0.4, -0.2) is 28.4 Å². The minimum atomic E-state index is -0.0331. The molecule has 2 aromatic heterocycles. The van der Waals surface area contributed by atoms with Crippen LogP contribution in [0.4, 0.5) is 0 Å². The van der Waals surface area contributed by atoms with E-state index in [0.717, 1.165) is 31.7 Å². The Kier molecular flexibility index (Phi) is 4.67. The Bertz CT molecular complexity index is 678. The second-order valence-electron chi connectivity index (χ2n) is 6.72. The van der Waals surface area contributed by atoms with Gasteiger partial charge >= 0.3 is 0 Å². The highest BCUT2D eigenvalue weighted by atomic mass is 32.1. The zero-order valence-electron chi connectivity index (χ0n) is 13.7. The van der Waals surface area contributed by atoms with E-state index in [-0.39, 0.29) is 11.9 Å². The monoisotopic (exact) mass is 345 g/mol. The number of carbonyl (C=O) groups excluding carboxylic acids is 1. The van der Waals surface area contributed by atoms with Crippen LogP contribution in [0.2, 0.25) is 0 Å². The fourth-order valence-corrected chi connectivity index (χ4v) is 4.57. The van der Waals surface area contributed by atoms with Gasteiger partial charge in [-0.25, -0.2) is 4.98 Å². The molecule has 3 heterocycles. The van der Waals surface area contributed by atoms with Crippen molar-refractivity contribution in [1.82, 2.24) is 15.2 Å². The smallest absolute Gasteiger partial charge is 0.237 e. The molecule has 0 unspecified atom stereocenters. The van der Waals surface area contributed by atoms with Crippen LogP contribution >= 0.6 is 11.3 Å². The molecule has 2 aliphatic rings. The van der Waals surface area contributed by atoms with Crippen molar-refractivity contribution in [3.05, 3.63) is 40.2 Å². The van der Waals surface area contributed by atoms with Crippen molar-refractivity contribution in [3.8, 4) is 0 Å². The third-order valence-corrected chi connectivity index (χ3v) is 6.21. The molecule has 4 rings (SSSR count). The first-order chi connectivity index (χ1) is 11.8. The molecular formula is C18H23N3O2S. The van der Waals surface area contributed by atoms with Gasteiger partial charge in [-0.15, -0.1) is 11.3 Å². The second-order valence-corrected chi connectivity index (χ2v) is 7.87. The maximum Gasteiger partial charge on any atom is 0.237 e. The van der Waals surface area contributed by atoms with Gasteiger partial charge in [-0.05, 0) is 44.4 Å². The molecule has 0 radical (unpaired) electrons. The van der Waals surface area contributed by atoms with Gasteiger partial charge in [0.2, 0.25) is 5.91 Å². The molecular weight excluding hydrogens is 322 g/mol. The number of likely N-dealkylation sites (tertiary alicyclic amines) is 1. The molecule has 5 nitrogen and oxygen atoms in total. The zero-order valence-corrected chi connectivity index (χ0v) is 14.6. The van der Waals surface area contributed by atoms with Crippen molar-refractivity contribution in [2.24, 2.45) is 0 Å². The van der Waals surface area contributed by atoms with Crippen LogP contribution in [-0.2, 0) is 17.9 Å². The Morgan fingerprint density at radius 2 is 2.29 bits per heavy atom. The highest BCUT2D eigenvalue weighted by Crippen LogP contribution is 2.38. The van der Waals surface area contributed by atoms with E-state index in [4.69, 9.17) is 4.42 Å². The molecule has 1 amide bonds. The third-order valence-electron chi connectivity index (χ3n) is 5.07. The molecule has 1 saturated carbocycles. The molecule has 0 spiro atoms. The maximum atomic E-state index is 12.5. The molecule has 1 N–H and O–H groups in total. The van der Waals surface area contributed by atoms with Gasteiger partial charge in [0.15, 0.2) is 0 Å². The Morgan fingerprint density at radius 1 is 1.38 bits per heavy atom. The average Bonchev–Trinajstić information content (AvgIpc) is 3.25. The van der Waals surface area contributed by atoms with Crippen molar-refractivity contribution in [2.75, 3.05) is 6.54 Å². The summed E-state index contributed by atoms with van der Waals surface area (Å²) >= 11 is 1.83. The van der Waals surface area contributed by atoms with Gasteiger partial charge < -0.3 is 9.73 Å². The lowest BCUT2D eigenvalue weighted by atomic mass is 9.86. The summed E-state index contributed by atoms with van der Waals surface area (Å²) in [5.41, 5.74) is 0. The fraction of sp³-hybridized carbons (Fsp3) is 0.556. The van der Waals surface area contributed by atoms with Gasteiger partial charge in [0, 0.05) is 23.5 Å². The number of carbonyl (C=O) groups is 1. The van der Waals surface area contributed by atoms with Crippen LogP contribution in [0, 0.1) is 0 Å². The summed E-state index contributed by atoms with van der Waals surface area (Å²) in [7, 11) is 0. The number of rotatable bonds is 6. The van der Waals surface area contributed by atoms with Gasteiger partial charge in [0.1, 0.15) is 5.76 Å². The number of aromatic nitrogens is 1.